The molecule has 0 radical (unpaired) electrons. The average molecular weight is 286 g/mol. The summed E-state index contributed by atoms with van der Waals surface area (Å²) in [5.41, 5.74) is 2.35. The summed E-state index contributed by atoms with van der Waals surface area (Å²) in [5, 5.41) is 17.1. The maximum Gasteiger partial charge on any atom is 0.276 e. The Bertz CT molecular complexity index is 631. The second-order valence-corrected chi connectivity index (χ2v) is 5.34. The molecule has 6 heteroatoms. The van der Waals surface area contributed by atoms with Gasteiger partial charge >= 0.3 is 0 Å². The van der Waals surface area contributed by atoms with Crippen molar-refractivity contribution in [1.29, 1.82) is 0 Å². The van der Waals surface area contributed by atoms with Crippen molar-refractivity contribution in [1.82, 2.24) is 19.9 Å². The van der Waals surface area contributed by atoms with Gasteiger partial charge in [0.25, 0.3) is 5.91 Å². The number of aryl methyl sites for hydroxylation is 1. The molecule has 1 N–H and O–H groups in total. The summed E-state index contributed by atoms with van der Waals surface area (Å²) in [4.78, 5) is 14.1. The van der Waals surface area contributed by atoms with E-state index in [0.29, 0.717) is 12.2 Å². The van der Waals surface area contributed by atoms with Crippen LogP contribution in [0.1, 0.15) is 28.9 Å². The molecule has 110 valence electrons. The van der Waals surface area contributed by atoms with Crippen LogP contribution < -0.4 is 0 Å². The first kappa shape index (κ1) is 13.8. The molecule has 1 aromatic carbocycles. The van der Waals surface area contributed by atoms with Gasteiger partial charge in [-0.1, -0.05) is 22.9 Å². The quantitative estimate of drug-likeness (QED) is 0.895. The van der Waals surface area contributed by atoms with Gasteiger partial charge in [-0.25, -0.2) is 4.68 Å². The Labute approximate surface area is 123 Å². The van der Waals surface area contributed by atoms with E-state index < -0.39 is 0 Å². The number of amides is 1. The highest BCUT2D eigenvalue weighted by atomic mass is 16.3. The third-order valence-corrected chi connectivity index (χ3v) is 3.60. The molecular weight excluding hydrogens is 268 g/mol. The lowest BCUT2D eigenvalue weighted by Gasteiger charge is -2.19. The third-order valence-electron chi connectivity index (χ3n) is 3.60. The summed E-state index contributed by atoms with van der Waals surface area (Å²) in [7, 11) is 0. The molecule has 1 aliphatic carbocycles. The number of hydrogen-bond donors (Lipinski definition) is 1. The van der Waals surface area contributed by atoms with E-state index in [-0.39, 0.29) is 18.6 Å². The zero-order valence-corrected chi connectivity index (χ0v) is 11.9. The van der Waals surface area contributed by atoms with Crippen molar-refractivity contribution in [2.75, 3.05) is 13.2 Å². The topological polar surface area (TPSA) is 71.2 Å². The summed E-state index contributed by atoms with van der Waals surface area (Å²) >= 11 is 0. The number of nitrogens with zero attached hydrogens (tertiary/aromatic N) is 4. The Morgan fingerprint density at radius 1 is 1.38 bits per heavy atom. The van der Waals surface area contributed by atoms with Gasteiger partial charge < -0.3 is 10.0 Å². The molecule has 0 aliphatic heterocycles. The van der Waals surface area contributed by atoms with Gasteiger partial charge in [0, 0.05) is 12.6 Å². The van der Waals surface area contributed by atoms with Gasteiger partial charge in [-0.2, -0.15) is 0 Å². The zero-order chi connectivity index (χ0) is 14.8. The fourth-order valence-corrected chi connectivity index (χ4v) is 2.28. The molecule has 1 fully saturated rings. The van der Waals surface area contributed by atoms with Crippen molar-refractivity contribution in [3.05, 3.63) is 41.7 Å². The van der Waals surface area contributed by atoms with Crippen LogP contribution in [0.3, 0.4) is 0 Å². The molecule has 6 nitrogen and oxygen atoms in total. The van der Waals surface area contributed by atoms with Gasteiger partial charge in [-0.05, 0) is 31.9 Å². The lowest BCUT2D eigenvalue weighted by molar-refractivity contribution is 0.0701. The maximum atomic E-state index is 12.4. The molecule has 0 unspecified atom stereocenters. The van der Waals surface area contributed by atoms with Crippen LogP contribution in [0, 0.1) is 6.92 Å². The van der Waals surface area contributed by atoms with Crippen LogP contribution in [0.4, 0.5) is 0 Å². The molecule has 1 aliphatic rings. The molecule has 21 heavy (non-hydrogen) atoms. The van der Waals surface area contributed by atoms with Crippen molar-refractivity contribution in [3.8, 4) is 5.69 Å². The Hall–Kier alpha value is -2.21. The van der Waals surface area contributed by atoms with Crippen molar-refractivity contribution in [3.63, 3.8) is 0 Å². The second kappa shape index (κ2) is 5.65. The van der Waals surface area contributed by atoms with E-state index in [9.17, 15) is 4.79 Å². The zero-order valence-electron chi connectivity index (χ0n) is 11.9. The molecule has 0 saturated heterocycles. The van der Waals surface area contributed by atoms with Crippen LogP contribution in [-0.4, -0.2) is 50.1 Å². The Morgan fingerprint density at radius 2 is 2.10 bits per heavy atom. The van der Waals surface area contributed by atoms with E-state index >= 15 is 0 Å². The van der Waals surface area contributed by atoms with E-state index in [4.69, 9.17) is 5.11 Å². The summed E-state index contributed by atoms with van der Waals surface area (Å²) < 4.78 is 1.59. The van der Waals surface area contributed by atoms with E-state index in [1.54, 1.807) is 15.8 Å². The molecule has 3 rings (SSSR count). The van der Waals surface area contributed by atoms with Crippen LogP contribution >= 0.6 is 0 Å². The minimum atomic E-state index is -0.162. The average Bonchev–Trinajstić information content (AvgIpc) is 3.21. The Balaban J connectivity index is 1.80. The maximum absolute atomic E-state index is 12.4. The van der Waals surface area contributed by atoms with Crippen LogP contribution in [0.5, 0.6) is 0 Å². The molecule has 1 saturated carbocycles. The lowest BCUT2D eigenvalue weighted by Crippen LogP contribution is -2.35. The van der Waals surface area contributed by atoms with E-state index in [2.05, 4.69) is 10.3 Å². The summed E-state index contributed by atoms with van der Waals surface area (Å²) in [5.74, 6) is -0.162. The monoisotopic (exact) mass is 286 g/mol. The van der Waals surface area contributed by atoms with Gasteiger partial charge in [0.05, 0.1) is 18.5 Å². The molecular formula is C15H18N4O2. The molecule has 0 atom stereocenters. The minimum Gasteiger partial charge on any atom is -0.395 e. The predicted octanol–water partition coefficient (Wildman–Crippen LogP) is 1.17. The van der Waals surface area contributed by atoms with Crippen LogP contribution in [0.25, 0.3) is 5.69 Å². The number of aromatic nitrogens is 3. The van der Waals surface area contributed by atoms with Gasteiger partial charge in [-0.15, -0.1) is 5.10 Å². The molecule has 0 spiro atoms. The van der Waals surface area contributed by atoms with E-state index in [0.717, 1.165) is 24.1 Å². The molecule has 1 amide bonds. The normalized spacial score (nSPS) is 14.2. The fourth-order valence-electron chi connectivity index (χ4n) is 2.28. The van der Waals surface area contributed by atoms with E-state index in [1.807, 2.05) is 31.2 Å². The van der Waals surface area contributed by atoms with Gasteiger partial charge in [0.15, 0.2) is 5.69 Å². The van der Waals surface area contributed by atoms with Crippen molar-refractivity contribution >= 4 is 5.91 Å². The van der Waals surface area contributed by atoms with Crippen molar-refractivity contribution in [2.24, 2.45) is 0 Å². The first-order valence-corrected chi connectivity index (χ1v) is 7.10. The number of rotatable bonds is 5. The Kier molecular flexibility index (Phi) is 3.70. The van der Waals surface area contributed by atoms with Crippen LogP contribution in [0.15, 0.2) is 30.5 Å². The summed E-state index contributed by atoms with van der Waals surface area (Å²) in [6, 6.07) is 8.09. The predicted molar refractivity (Wildman–Crippen MR) is 77.2 cm³/mol. The summed E-state index contributed by atoms with van der Waals surface area (Å²) in [6.07, 6.45) is 3.63. The number of aliphatic hydroxyl groups is 1. The van der Waals surface area contributed by atoms with E-state index in [1.165, 1.54) is 0 Å². The number of carbonyl (C=O) groups excluding carboxylic acids is 1. The molecule has 2 aromatic rings. The minimum absolute atomic E-state index is 0.0334. The number of benzene rings is 1. The summed E-state index contributed by atoms with van der Waals surface area (Å²) in [6.45, 7) is 2.33. The van der Waals surface area contributed by atoms with Crippen molar-refractivity contribution in [2.45, 2.75) is 25.8 Å². The van der Waals surface area contributed by atoms with Gasteiger partial charge in [0.2, 0.25) is 0 Å². The fraction of sp³-hybridized carbons (Fsp3) is 0.400. The number of hydrogen-bond acceptors (Lipinski definition) is 4. The largest absolute Gasteiger partial charge is 0.395 e. The van der Waals surface area contributed by atoms with Crippen LogP contribution in [-0.2, 0) is 0 Å². The number of carbonyl (C=O) groups is 1. The van der Waals surface area contributed by atoms with Gasteiger partial charge in [-0.3, -0.25) is 4.79 Å². The highest BCUT2D eigenvalue weighted by molar-refractivity contribution is 5.92. The molecule has 0 bridgehead atoms. The first-order chi connectivity index (χ1) is 10.2. The molecule has 1 heterocycles. The number of aliphatic hydroxyl groups excluding tert-OH is 1. The van der Waals surface area contributed by atoms with Crippen LogP contribution in [0.2, 0.25) is 0 Å². The van der Waals surface area contributed by atoms with Gasteiger partial charge in [0.1, 0.15) is 0 Å². The highest BCUT2D eigenvalue weighted by Gasteiger charge is 2.33. The standard InChI is InChI=1S/C15H18N4O2/c1-11-2-4-13(5-3-11)19-10-14(16-17-19)15(21)18(8-9-20)12-6-7-12/h2-5,10,12,20H,6-9H2,1H3. The first-order valence-electron chi connectivity index (χ1n) is 7.10. The highest BCUT2D eigenvalue weighted by Crippen LogP contribution is 2.27. The second-order valence-electron chi connectivity index (χ2n) is 5.34. The molecule has 1 aromatic heterocycles. The van der Waals surface area contributed by atoms with Crippen molar-refractivity contribution < 1.29 is 9.90 Å². The lowest BCUT2D eigenvalue weighted by atomic mass is 10.2. The third kappa shape index (κ3) is 2.95. The SMILES string of the molecule is Cc1ccc(-n2cc(C(=O)N(CCO)C3CC3)nn2)cc1. The smallest absolute Gasteiger partial charge is 0.276 e. The Morgan fingerprint density at radius 3 is 2.71 bits per heavy atom.